The molecule has 0 aromatic heterocycles. The lowest BCUT2D eigenvalue weighted by atomic mass is 10.2. The first kappa shape index (κ1) is 14.0. The number of carbonyl (C=O) groups excluding carboxylic acids is 1. The summed E-state index contributed by atoms with van der Waals surface area (Å²) in [6.45, 7) is 0.203. The van der Waals surface area contributed by atoms with Crippen LogP contribution in [0.3, 0.4) is 0 Å². The number of carbonyl (C=O) groups is 2. The molecule has 5 nitrogen and oxygen atoms in total. The van der Waals surface area contributed by atoms with Crippen LogP contribution in [0.15, 0.2) is 12.1 Å². The summed E-state index contributed by atoms with van der Waals surface area (Å²) < 4.78 is 5.45. The average Bonchev–Trinajstić information content (AvgIpc) is 2.74. The maximum Gasteiger partial charge on any atom is 0.337 e. The summed E-state index contributed by atoms with van der Waals surface area (Å²) in [4.78, 5) is 22.0. The van der Waals surface area contributed by atoms with E-state index in [9.17, 15) is 9.59 Å². The van der Waals surface area contributed by atoms with E-state index in [4.69, 9.17) is 33.0 Å². The molecule has 1 fully saturated rings. The first-order chi connectivity index (χ1) is 8.99. The molecule has 2 rings (SSSR count). The van der Waals surface area contributed by atoms with Gasteiger partial charge in [-0.3, -0.25) is 4.79 Å². The van der Waals surface area contributed by atoms with Crippen LogP contribution in [0.1, 0.15) is 23.2 Å². The smallest absolute Gasteiger partial charge is 0.337 e. The van der Waals surface area contributed by atoms with E-state index in [1.165, 1.54) is 12.1 Å². The van der Waals surface area contributed by atoms with E-state index in [-0.39, 0.29) is 39.9 Å². The van der Waals surface area contributed by atoms with Gasteiger partial charge in [-0.15, -0.1) is 0 Å². The monoisotopic (exact) mass is 303 g/mol. The van der Waals surface area contributed by atoms with Crippen LogP contribution in [-0.2, 0) is 4.79 Å². The molecule has 19 heavy (non-hydrogen) atoms. The molecular weight excluding hydrogens is 293 g/mol. The minimum atomic E-state index is -1.15. The molecule has 1 saturated heterocycles. The second-order valence-electron chi connectivity index (χ2n) is 4.16. The lowest BCUT2D eigenvalue weighted by Crippen LogP contribution is -2.31. The molecule has 7 heteroatoms. The van der Waals surface area contributed by atoms with E-state index >= 15 is 0 Å². The summed E-state index contributed by atoms with van der Waals surface area (Å²) in [5.41, 5.74) is -0.0727. The fourth-order valence-corrected chi connectivity index (χ4v) is 2.38. The normalized spacial score (nSPS) is 18.2. The van der Waals surface area contributed by atoms with Crippen molar-refractivity contribution in [2.45, 2.75) is 18.9 Å². The number of nitrogens with one attached hydrogen (secondary N) is 1. The molecule has 0 bridgehead atoms. The van der Waals surface area contributed by atoms with Crippen LogP contribution in [-0.4, -0.2) is 29.6 Å². The van der Waals surface area contributed by atoms with Gasteiger partial charge in [0.2, 0.25) is 5.91 Å². The van der Waals surface area contributed by atoms with Gasteiger partial charge < -0.3 is 15.2 Å². The first-order valence-corrected chi connectivity index (χ1v) is 6.38. The first-order valence-electron chi connectivity index (χ1n) is 5.62. The Morgan fingerprint density at radius 2 is 2.21 bits per heavy atom. The molecule has 102 valence electrons. The van der Waals surface area contributed by atoms with Crippen LogP contribution in [0.2, 0.25) is 10.0 Å². The van der Waals surface area contributed by atoms with Crippen molar-refractivity contribution < 1.29 is 19.4 Å². The quantitative estimate of drug-likeness (QED) is 0.895. The largest absolute Gasteiger partial charge is 0.488 e. The Bertz CT molecular complexity index is 533. The van der Waals surface area contributed by atoms with E-state index in [1.807, 2.05) is 0 Å². The summed E-state index contributed by atoms with van der Waals surface area (Å²) >= 11 is 11.9. The van der Waals surface area contributed by atoms with E-state index in [0.717, 1.165) is 0 Å². The molecule has 0 saturated carbocycles. The van der Waals surface area contributed by atoms with Crippen LogP contribution in [0.5, 0.6) is 5.75 Å². The average molecular weight is 304 g/mol. The van der Waals surface area contributed by atoms with Crippen LogP contribution in [0.4, 0.5) is 0 Å². The predicted molar refractivity (Wildman–Crippen MR) is 70.1 cm³/mol. The summed E-state index contributed by atoms with van der Waals surface area (Å²) in [6, 6.07) is 2.63. The number of halogens is 2. The van der Waals surface area contributed by atoms with Crippen molar-refractivity contribution in [3.63, 3.8) is 0 Å². The van der Waals surface area contributed by atoms with Crippen molar-refractivity contribution in [3.8, 4) is 5.75 Å². The van der Waals surface area contributed by atoms with E-state index in [1.54, 1.807) is 0 Å². The van der Waals surface area contributed by atoms with Gasteiger partial charge in [0.15, 0.2) is 5.75 Å². The molecule has 2 N–H and O–H groups in total. The highest BCUT2D eigenvalue weighted by molar-refractivity contribution is 6.39. The number of hydrogen-bond acceptors (Lipinski definition) is 3. The Balaban J connectivity index is 2.13. The number of aromatic carboxylic acids is 1. The van der Waals surface area contributed by atoms with Gasteiger partial charge >= 0.3 is 5.97 Å². The number of amides is 1. The second kappa shape index (κ2) is 5.67. The summed E-state index contributed by atoms with van der Waals surface area (Å²) in [7, 11) is 0. The highest BCUT2D eigenvalue weighted by Gasteiger charge is 2.23. The summed E-state index contributed by atoms with van der Waals surface area (Å²) in [5.74, 6) is -1.05. The highest BCUT2D eigenvalue weighted by atomic mass is 35.5. The van der Waals surface area contributed by atoms with Gasteiger partial charge in [-0.25, -0.2) is 4.79 Å². The number of benzene rings is 1. The summed E-state index contributed by atoms with van der Waals surface area (Å²) in [5, 5.41) is 11.9. The Hall–Kier alpha value is -1.46. The maximum absolute atomic E-state index is 11.0. The SMILES string of the molecule is O=C1CCC(COc2c(Cl)ccc(C(=O)O)c2Cl)N1. The Kier molecular flexibility index (Phi) is 4.17. The number of carboxylic acid groups (broad SMARTS) is 1. The fraction of sp³-hybridized carbons (Fsp3) is 0.333. The number of rotatable bonds is 4. The third-order valence-electron chi connectivity index (χ3n) is 2.79. The van der Waals surface area contributed by atoms with E-state index in [0.29, 0.717) is 12.8 Å². The maximum atomic E-state index is 11.0. The Morgan fingerprint density at radius 3 is 2.79 bits per heavy atom. The van der Waals surface area contributed by atoms with Crippen LogP contribution in [0.25, 0.3) is 0 Å². The van der Waals surface area contributed by atoms with Crippen molar-refractivity contribution in [1.29, 1.82) is 0 Å². The number of ether oxygens (including phenoxy) is 1. The number of hydrogen-bond donors (Lipinski definition) is 2. The van der Waals surface area contributed by atoms with E-state index < -0.39 is 5.97 Å². The highest BCUT2D eigenvalue weighted by Crippen LogP contribution is 2.35. The minimum Gasteiger partial charge on any atom is -0.488 e. The molecule has 1 aliphatic rings. The molecule has 1 aliphatic heterocycles. The molecule has 1 amide bonds. The fourth-order valence-electron chi connectivity index (χ4n) is 1.82. The zero-order valence-corrected chi connectivity index (χ0v) is 11.3. The van der Waals surface area contributed by atoms with Crippen LogP contribution in [0, 0.1) is 0 Å². The van der Waals surface area contributed by atoms with Crippen LogP contribution >= 0.6 is 23.2 Å². The van der Waals surface area contributed by atoms with Gasteiger partial charge in [-0.2, -0.15) is 0 Å². The molecule has 1 unspecified atom stereocenters. The standard InChI is InChI=1S/C12H11Cl2NO4/c13-8-3-2-7(12(17)18)10(14)11(8)19-5-6-1-4-9(16)15-6/h2-3,6H,1,4-5H2,(H,15,16)(H,17,18). The van der Waals surface area contributed by atoms with Gasteiger partial charge in [0, 0.05) is 6.42 Å². The summed E-state index contributed by atoms with van der Waals surface area (Å²) in [6.07, 6.45) is 1.14. The molecule has 1 heterocycles. The topological polar surface area (TPSA) is 75.6 Å². The van der Waals surface area contributed by atoms with Crippen molar-refractivity contribution in [2.24, 2.45) is 0 Å². The van der Waals surface area contributed by atoms with Gasteiger partial charge in [0.25, 0.3) is 0 Å². The van der Waals surface area contributed by atoms with E-state index in [2.05, 4.69) is 5.32 Å². The Morgan fingerprint density at radius 1 is 1.47 bits per heavy atom. The molecule has 0 spiro atoms. The molecule has 0 radical (unpaired) electrons. The minimum absolute atomic E-state index is 0.0231. The number of carboxylic acids is 1. The van der Waals surface area contributed by atoms with Crippen molar-refractivity contribution >= 4 is 35.1 Å². The van der Waals surface area contributed by atoms with Gasteiger partial charge in [0.1, 0.15) is 6.61 Å². The van der Waals surface area contributed by atoms with Crippen molar-refractivity contribution in [2.75, 3.05) is 6.61 Å². The Labute approximate surface area is 119 Å². The third-order valence-corrected chi connectivity index (χ3v) is 3.47. The lowest BCUT2D eigenvalue weighted by Gasteiger charge is -2.15. The zero-order valence-electron chi connectivity index (χ0n) is 9.78. The molecule has 0 aliphatic carbocycles. The lowest BCUT2D eigenvalue weighted by molar-refractivity contribution is -0.119. The van der Waals surface area contributed by atoms with Gasteiger partial charge in [-0.05, 0) is 18.6 Å². The van der Waals surface area contributed by atoms with Crippen molar-refractivity contribution in [3.05, 3.63) is 27.7 Å². The van der Waals surface area contributed by atoms with Gasteiger partial charge in [-0.1, -0.05) is 23.2 Å². The zero-order chi connectivity index (χ0) is 14.0. The van der Waals surface area contributed by atoms with Crippen LogP contribution < -0.4 is 10.1 Å². The molecule has 1 atom stereocenters. The second-order valence-corrected chi connectivity index (χ2v) is 4.94. The van der Waals surface area contributed by atoms with Crippen molar-refractivity contribution in [1.82, 2.24) is 5.32 Å². The molecule has 1 aromatic carbocycles. The third kappa shape index (κ3) is 3.11. The van der Waals surface area contributed by atoms with Gasteiger partial charge in [0.05, 0.1) is 21.7 Å². The predicted octanol–water partition coefficient (Wildman–Crippen LogP) is 2.35. The molecular formula is C12H11Cl2NO4. The molecule has 1 aromatic rings.